The molecule has 2 aromatic rings. The molecule has 0 radical (unpaired) electrons. The van der Waals surface area contributed by atoms with Gasteiger partial charge >= 0.3 is 0 Å². The van der Waals surface area contributed by atoms with E-state index < -0.39 is 0 Å². The zero-order valence-electron chi connectivity index (χ0n) is 13.2. The van der Waals surface area contributed by atoms with Crippen LogP contribution in [0.4, 0.5) is 20.2 Å². The molecule has 0 fully saturated rings. The minimum Gasteiger partial charge on any atom is -0.352 e. The van der Waals surface area contributed by atoms with E-state index in [1.54, 1.807) is 6.07 Å². The number of benzene rings is 2. The maximum atomic E-state index is 13.9. The fourth-order valence-electron chi connectivity index (χ4n) is 2.22. The normalized spacial score (nSPS) is 9.45. The minimum absolute atomic E-state index is 0.270. The number of rotatable bonds is 4. The molecule has 2 rings (SSSR count). The molecule has 0 bridgehead atoms. The lowest BCUT2D eigenvalue weighted by Crippen LogP contribution is -1.99. The quantitative estimate of drug-likeness (QED) is 0.746. The number of hydrogen-bond donors (Lipinski definition) is 1. The summed E-state index contributed by atoms with van der Waals surface area (Å²) in [6, 6.07) is 11.0. The summed E-state index contributed by atoms with van der Waals surface area (Å²) < 4.78 is 23.4. The molecule has 0 unspecified atom stereocenters. The molecular formula is C19H21F2N. The molecule has 0 saturated carbocycles. The Balaban J connectivity index is 0.00000116. The van der Waals surface area contributed by atoms with Gasteiger partial charge in [0.25, 0.3) is 0 Å². The first-order valence-corrected chi connectivity index (χ1v) is 7.15. The number of hydrogen-bond acceptors (Lipinski definition) is 1. The molecule has 1 nitrogen and oxygen atoms in total. The van der Waals surface area contributed by atoms with E-state index in [0.717, 1.165) is 35.2 Å². The minimum atomic E-state index is -0.270. The zero-order valence-corrected chi connectivity index (χ0v) is 13.2. The van der Waals surface area contributed by atoms with Crippen LogP contribution in [0.1, 0.15) is 30.0 Å². The summed E-state index contributed by atoms with van der Waals surface area (Å²) in [7, 11) is 0.500. The van der Waals surface area contributed by atoms with E-state index in [9.17, 15) is 8.78 Å². The smallest absolute Gasteiger partial charge is 0.146 e. The average Bonchev–Trinajstić information content (AvgIpc) is 2.53. The van der Waals surface area contributed by atoms with E-state index in [0.29, 0.717) is 12.9 Å². The van der Waals surface area contributed by atoms with Gasteiger partial charge in [0.05, 0.1) is 24.1 Å². The van der Waals surface area contributed by atoms with Crippen LogP contribution in [0.25, 0.3) is 0 Å². The largest absolute Gasteiger partial charge is 0.352 e. The molecule has 0 spiro atoms. The second kappa shape index (κ2) is 8.84. The van der Waals surface area contributed by atoms with Crippen LogP contribution in [0, 0.1) is 25.1 Å². The van der Waals surface area contributed by atoms with Gasteiger partial charge in [-0.15, -0.1) is 6.42 Å². The van der Waals surface area contributed by atoms with Gasteiger partial charge in [0.1, 0.15) is 5.82 Å². The Morgan fingerprint density at radius 3 is 2.45 bits per heavy atom. The molecule has 0 atom stereocenters. The second-order valence-corrected chi connectivity index (χ2v) is 4.84. The van der Waals surface area contributed by atoms with Gasteiger partial charge in [-0.1, -0.05) is 37.5 Å². The van der Waals surface area contributed by atoms with Gasteiger partial charge in [-0.25, -0.2) is 4.39 Å². The number of aryl methyl sites for hydroxylation is 2. The topological polar surface area (TPSA) is 12.0 Å². The lowest BCUT2D eigenvalue weighted by Gasteiger charge is -2.13. The van der Waals surface area contributed by atoms with Crippen molar-refractivity contribution < 1.29 is 8.78 Å². The highest BCUT2D eigenvalue weighted by Gasteiger charge is 2.08. The fourth-order valence-corrected chi connectivity index (χ4v) is 2.22. The predicted octanol–water partition coefficient (Wildman–Crippen LogP) is 5.40. The third-order valence-electron chi connectivity index (χ3n) is 3.21. The molecule has 0 heterocycles. The third kappa shape index (κ3) is 4.33. The van der Waals surface area contributed by atoms with Gasteiger partial charge in [0.2, 0.25) is 0 Å². The van der Waals surface area contributed by atoms with Crippen LogP contribution in [0.15, 0.2) is 36.4 Å². The molecule has 116 valence electrons. The molecule has 1 N–H and O–H groups in total. The maximum Gasteiger partial charge on any atom is 0.146 e. The van der Waals surface area contributed by atoms with Gasteiger partial charge < -0.3 is 5.32 Å². The van der Waals surface area contributed by atoms with Gasteiger partial charge in [-0.05, 0) is 42.7 Å². The Hall–Kier alpha value is -2.34. The second-order valence-electron chi connectivity index (χ2n) is 4.84. The molecule has 0 aliphatic carbocycles. The van der Waals surface area contributed by atoms with Gasteiger partial charge in [-0.3, -0.25) is 4.39 Å². The number of anilines is 2. The van der Waals surface area contributed by atoms with Crippen LogP contribution in [0.3, 0.4) is 0 Å². The van der Waals surface area contributed by atoms with Crippen molar-refractivity contribution in [2.24, 2.45) is 0 Å². The van der Waals surface area contributed by atoms with Crippen molar-refractivity contribution in [1.82, 2.24) is 0 Å². The Morgan fingerprint density at radius 1 is 1.14 bits per heavy atom. The summed E-state index contributed by atoms with van der Waals surface area (Å²) in [6.45, 7) is 3.97. The van der Waals surface area contributed by atoms with E-state index in [2.05, 4.69) is 18.2 Å². The number of nitrogens with one attached hydrogen (secondary N) is 1. The lowest BCUT2D eigenvalue weighted by atomic mass is 10.0. The molecule has 3 heteroatoms. The van der Waals surface area contributed by atoms with E-state index in [1.807, 2.05) is 31.2 Å². The van der Waals surface area contributed by atoms with Crippen LogP contribution >= 0.6 is 0 Å². The molecule has 0 amide bonds. The highest BCUT2D eigenvalue weighted by molar-refractivity contribution is 5.69. The first kappa shape index (κ1) is 17.7. The summed E-state index contributed by atoms with van der Waals surface area (Å²) in [6.07, 6.45) is 7.56. The SMILES string of the molecule is C#Cc1c(CCC)cccc1Nc1ccc(C)cc1F.CF. The number of alkyl halides is 1. The predicted molar refractivity (Wildman–Crippen MR) is 89.8 cm³/mol. The Bertz CT molecular complexity index is 657. The van der Waals surface area contributed by atoms with Crippen LogP contribution in [-0.2, 0) is 6.42 Å². The standard InChI is InChI=1S/C18H18FN.CH3F/c1-4-7-14-8-6-9-17(15(14)5-2)20-18-11-10-13(3)12-16(18)19;1-2/h2,6,8-12,20H,4,7H2,1,3H3;1H3. The summed E-state index contributed by atoms with van der Waals surface area (Å²) in [5.41, 5.74) is 4.05. The molecule has 2 aromatic carbocycles. The molecular weight excluding hydrogens is 280 g/mol. The monoisotopic (exact) mass is 301 g/mol. The van der Waals surface area contributed by atoms with Crippen molar-refractivity contribution in [2.45, 2.75) is 26.7 Å². The molecule has 22 heavy (non-hydrogen) atoms. The Labute approximate surface area is 131 Å². The van der Waals surface area contributed by atoms with Crippen molar-refractivity contribution in [2.75, 3.05) is 12.5 Å². The van der Waals surface area contributed by atoms with Crippen LogP contribution in [0.2, 0.25) is 0 Å². The molecule has 0 aliphatic heterocycles. The van der Waals surface area contributed by atoms with E-state index in [1.165, 1.54) is 6.07 Å². The van der Waals surface area contributed by atoms with Crippen LogP contribution in [0.5, 0.6) is 0 Å². The zero-order chi connectivity index (χ0) is 16.5. The summed E-state index contributed by atoms with van der Waals surface area (Å²) in [5.74, 6) is 2.45. The summed E-state index contributed by atoms with van der Waals surface area (Å²) in [5, 5.41) is 3.10. The van der Waals surface area contributed by atoms with Gasteiger partial charge in [0.15, 0.2) is 0 Å². The molecule has 0 aliphatic rings. The molecule has 0 saturated heterocycles. The highest BCUT2D eigenvalue weighted by Crippen LogP contribution is 2.26. The van der Waals surface area contributed by atoms with Crippen LogP contribution in [-0.4, -0.2) is 7.18 Å². The first-order chi connectivity index (χ1) is 10.7. The number of terminal acetylenes is 1. The van der Waals surface area contributed by atoms with Gasteiger partial charge in [-0.2, -0.15) is 0 Å². The van der Waals surface area contributed by atoms with E-state index >= 15 is 0 Å². The Morgan fingerprint density at radius 2 is 1.86 bits per heavy atom. The maximum absolute atomic E-state index is 13.9. The molecule has 0 aromatic heterocycles. The fraction of sp³-hybridized carbons (Fsp3) is 0.263. The van der Waals surface area contributed by atoms with Crippen LogP contribution < -0.4 is 5.32 Å². The van der Waals surface area contributed by atoms with Crippen molar-refractivity contribution in [3.63, 3.8) is 0 Å². The summed E-state index contributed by atoms with van der Waals surface area (Å²) >= 11 is 0. The highest BCUT2D eigenvalue weighted by atomic mass is 19.1. The van der Waals surface area contributed by atoms with Crippen molar-refractivity contribution in [1.29, 1.82) is 0 Å². The number of halogens is 2. The van der Waals surface area contributed by atoms with Gasteiger partial charge in [0, 0.05) is 0 Å². The lowest BCUT2D eigenvalue weighted by molar-refractivity contribution is 0.630. The van der Waals surface area contributed by atoms with E-state index in [4.69, 9.17) is 6.42 Å². The Kier molecular flexibility index (Phi) is 7.12. The van der Waals surface area contributed by atoms with E-state index in [-0.39, 0.29) is 5.82 Å². The van der Waals surface area contributed by atoms with Crippen molar-refractivity contribution in [3.8, 4) is 12.3 Å². The summed E-state index contributed by atoms with van der Waals surface area (Å²) in [4.78, 5) is 0. The van der Waals surface area contributed by atoms with Crippen molar-refractivity contribution in [3.05, 3.63) is 58.9 Å². The first-order valence-electron chi connectivity index (χ1n) is 7.15. The van der Waals surface area contributed by atoms with Crippen molar-refractivity contribution >= 4 is 11.4 Å². The average molecular weight is 301 g/mol. The third-order valence-corrected chi connectivity index (χ3v) is 3.21.